The van der Waals surface area contributed by atoms with Crippen molar-refractivity contribution in [2.75, 3.05) is 0 Å². The molecule has 2 nitrogen and oxygen atoms in total. The summed E-state index contributed by atoms with van der Waals surface area (Å²) in [5.74, 6) is 0.538. The quantitative estimate of drug-likeness (QED) is 0.578. The fraction of sp³-hybridized carbons (Fsp3) is 0. The smallest absolute Gasteiger partial charge is 0.228 e. The predicted octanol–water partition coefficient (Wildman–Crippen LogP) is 5.56. The van der Waals surface area contributed by atoms with Crippen molar-refractivity contribution < 1.29 is 4.42 Å². The highest BCUT2D eigenvalue weighted by molar-refractivity contribution is 9.10. The number of nitrogens with zero attached hydrogens (tertiary/aromatic N) is 1. The largest absolute Gasteiger partial charge is 0.436 e. The zero-order valence-electron chi connectivity index (χ0n) is 8.95. The van der Waals surface area contributed by atoms with Crippen LogP contribution in [0.15, 0.2) is 45.3 Å². The molecule has 0 aliphatic rings. The van der Waals surface area contributed by atoms with Crippen molar-refractivity contribution in [2.45, 2.75) is 0 Å². The van der Waals surface area contributed by atoms with E-state index >= 15 is 0 Å². The zero-order chi connectivity index (χ0) is 12.7. The number of hydrogen-bond acceptors (Lipinski definition) is 2. The topological polar surface area (TPSA) is 26.0 Å². The monoisotopic (exact) mass is 341 g/mol. The molecule has 0 N–H and O–H groups in total. The molecule has 0 fully saturated rings. The summed E-state index contributed by atoms with van der Waals surface area (Å²) < 4.78 is 6.53. The molecule has 0 aliphatic heterocycles. The van der Waals surface area contributed by atoms with Gasteiger partial charge in [-0.15, -0.1) is 0 Å². The maximum absolute atomic E-state index is 5.92. The minimum Gasteiger partial charge on any atom is -0.436 e. The molecule has 2 aromatic carbocycles. The molecule has 0 saturated heterocycles. The second-order valence-corrected chi connectivity index (χ2v) is 5.48. The van der Waals surface area contributed by atoms with Crippen LogP contribution in [-0.2, 0) is 0 Å². The lowest BCUT2D eigenvalue weighted by atomic mass is 10.2. The van der Waals surface area contributed by atoms with Gasteiger partial charge in [0.15, 0.2) is 5.58 Å². The number of hydrogen-bond donors (Lipinski definition) is 0. The van der Waals surface area contributed by atoms with Gasteiger partial charge < -0.3 is 4.42 Å². The van der Waals surface area contributed by atoms with Gasteiger partial charge in [-0.1, -0.05) is 23.2 Å². The Morgan fingerprint density at radius 1 is 1.00 bits per heavy atom. The maximum Gasteiger partial charge on any atom is 0.228 e. The molecule has 0 aliphatic carbocycles. The Kier molecular flexibility index (Phi) is 3.06. The maximum atomic E-state index is 5.92. The van der Waals surface area contributed by atoms with Gasteiger partial charge in [-0.05, 0) is 52.3 Å². The van der Waals surface area contributed by atoms with Crippen LogP contribution in [0, 0.1) is 0 Å². The van der Waals surface area contributed by atoms with Gasteiger partial charge >= 0.3 is 0 Å². The van der Waals surface area contributed by atoms with E-state index in [1.165, 1.54) is 0 Å². The molecule has 3 aromatic rings. The average molecular weight is 343 g/mol. The van der Waals surface area contributed by atoms with Gasteiger partial charge in [-0.25, -0.2) is 4.98 Å². The lowest BCUT2D eigenvalue weighted by Crippen LogP contribution is -1.79. The van der Waals surface area contributed by atoms with Crippen molar-refractivity contribution in [3.05, 3.63) is 50.9 Å². The van der Waals surface area contributed by atoms with Crippen LogP contribution >= 0.6 is 39.1 Å². The average Bonchev–Trinajstić information content (AvgIpc) is 2.71. The second kappa shape index (κ2) is 4.57. The summed E-state index contributed by atoms with van der Waals surface area (Å²) >= 11 is 15.3. The normalized spacial score (nSPS) is 11.1. The molecule has 0 spiro atoms. The third-order valence-corrected chi connectivity index (χ3v) is 3.64. The van der Waals surface area contributed by atoms with Crippen molar-refractivity contribution in [2.24, 2.45) is 0 Å². The minimum atomic E-state index is 0.538. The molecule has 0 atom stereocenters. The number of fused-ring (bicyclic) bond motifs is 1. The summed E-state index contributed by atoms with van der Waals surface area (Å²) in [5.41, 5.74) is 2.29. The molecular formula is C13H6BrCl2NO. The fourth-order valence-corrected chi connectivity index (χ4v) is 2.70. The second-order valence-electron chi connectivity index (χ2n) is 3.76. The van der Waals surface area contributed by atoms with Crippen molar-refractivity contribution >= 4 is 50.2 Å². The van der Waals surface area contributed by atoms with Crippen LogP contribution in [0.25, 0.3) is 22.6 Å². The van der Waals surface area contributed by atoms with Gasteiger partial charge in [-0.2, -0.15) is 0 Å². The lowest BCUT2D eigenvalue weighted by molar-refractivity contribution is 0.619. The van der Waals surface area contributed by atoms with Crippen LogP contribution < -0.4 is 0 Å². The van der Waals surface area contributed by atoms with E-state index < -0.39 is 0 Å². The molecule has 18 heavy (non-hydrogen) atoms. The molecule has 5 heteroatoms. The number of benzene rings is 2. The van der Waals surface area contributed by atoms with Gasteiger partial charge in [0.25, 0.3) is 0 Å². The Labute approximate surface area is 122 Å². The molecule has 0 saturated carbocycles. The van der Waals surface area contributed by atoms with Gasteiger partial charge in [0.1, 0.15) is 5.52 Å². The molecular weight excluding hydrogens is 337 g/mol. The third-order valence-electron chi connectivity index (χ3n) is 2.51. The molecule has 0 unspecified atom stereocenters. The van der Waals surface area contributed by atoms with Gasteiger partial charge in [-0.3, -0.25) is 0 Å². The SMILES string of the molecule is Clc1ccc(-c2nc3cc(Cl)ccc3o2)c(Br)c1. The summed E-state index contributed by atoms with van der Waals surface area (Å²) in [6.07, 6.45) is 0. The van der Waals surface area contributed by atoms with Gasteiger partial charge in [0.05, 0.1) is 5.56 Å². The lowest BCUT2D eigenvalue weighted by Gasteiger charge is -1.99. The van der Waals surface area contributed by atoms with E-state index in [9.17, 15) is 0 Å². The summed E-state index contributed by atoms with van der Waals surface area (Å²) in [7, 11) is 0. The zero-order valence-corrected chi connectivity index (χ0v) is 12.1. The summed E-state index contributed by atoms with van der Waals surface area (Å²) in [6, 6.07) is 10.8. The first kappa shape index (κ1) is 12.0. The van der Waals surface area contributed by atoms with Crippen molar-refractivity contribution in [1.82, 2.24) is 4.98 Å². The highest BCUT2D eigenvalue weighted by Crippen LogP contribution is 2.32. The van der Waals surface area contributed by atoms with Crippen molar-refractivity contribution in [1.29, 1.82) is 0 Å². The summed E-state index contributed by atoms with van der Waals surface area (Å²) in [5, 5.41) is 1.29. The summed E-state index contributed by atoms with van der Waals surface area (Å²) in [6.45, 7) is 0. The minimum absolute atomic E-state index is 0.538. The third kappa shape index (κ3) is 2.14. The molecule has 0 amide bonds. The van der Waals surface area contributed by atoms with E-state index in [-0.39, 0.29) is 0 Å². The van der Waals surface area contributed by atoms with Crippen molar-refractivity contribution in [3.63, 3.8) is 0 Å². The fourth-order valence-electron chi connectivity index (χ4n) is 1.68. The Morgan fingerprint density at radius 2 is 1.72 bits per heavy atom. The molecule has 1 aromatic heterocycles. The number of aromatic nitrogens is 1. The Bertz CT molecular complexity index is 739. The molecule has 90 valence electrons. The van der Waals surface area contributed by atoms with Crippen LogP contribution in [0.3, 0.4) is 0 Å². The predicted molar refractivity (Wildman–Crippen MR) is 77.2 cm³/mol. The number of oxazole rings is 1. The van der Waals surface area contributed by atoms with Crippen LogP contribution in [0.4, 0.5) is 0 Å². The van der Waals surface area contributed by atoms with Crippen LogP contribution in [-0.4, -0.2) is 4.98 Å². The van der Waals surface area contributed by atoms with Crippen molar-refractivity contribution in [3.8, 4) is 11.5 Å². The highest BCUT2D eigenvalue weighted by atomic mass is 79.9. The first-order chi connectivity index (χ1) is 8.63. The van der Waals surface area contributed by atoms with E-state index in [0.717, 1.165) is 15.6 Å². The molecule has 1 heterocycles. The Balaban J connectivity index is 2.19. The molecule has 0 radical (unpaired) electrons. The van der Waals surface area contributed by atoms with Gasteiger partial charge in [0, 0.05) is 14.5 Å². The van der Waals surface area contributed by atoms with E-state index in [4.69, 9.17) is 27.6 Å². The van der Waals surface area contributed by atoms with Crippen LogP contribution in [0.1, 0.15) is 0 Å². The van der Waals surface area contributed by atoms with E-state index in [0.29, 0.717) is 21.5 Å². The number of rotatable bonds is 1. The first-order valence-corrected chi connectivity index (χ1v) is 6.70. The van der Waals surface area contributed by atoms with E-state index in [1.54, 1.807) is 30.3 Å². The Morgan fingerprint density at radius 3 is 2.50 bits per heavy atom. The molecule has 3 rings (SSSR count). The standard InChI is InChI=1S/C13H6BrCl2NO/c14-10-5-7(15)1-3-9(10)13-17-11-6-8(16)2-4-12(11)18-13/h1-6H. The van der Waals surface area contributed by atoms with E-state index in [1.807, 2.05) is 6.07 Å². The first-order valence-electron chi connectivity index (χ1n) is 5.15. The van der Waals surface area contributed by atoms with Gasteiger partial charge in [0.2, 0.25) is 5.89 Å². The number of halogens is 3. The van der Waals surface area contributed by atoms with E-state index in [2.05, 4.69) is 20.9 Å². The Hall–Kier alpha value is -1.03. The van der Waals surface area contributed by atoms with Crippen LogP contribution in [0.5, 0.6) is 0 Å². The van der Waals surface area contributed by atoms with Crippen LogP contribution in [0.2, 0.25) is 10.0 Å². The highest BCUT2D eigenvalue weighted by Gasteiger charge is 2.11. The molecule has 0 bridgehead atoms. The summed E-state index contributed by atoms with van der Waals surface area (Å²) in [4.78, 5) is 4.41.